The Morgan fingerprint density at radius 2 is 2.00 bits per heavy atom. The van der Waals surface area contributed by atoms with Gasteiger partial charge in [0.2, 0.25) is 11.7 Å². The van der Waals surface area contributed by atoms with Gasteiger partial charge in [-0.3, -0.25) is 9.69 Å². The van der Waals surface area contributed by atoms with Crippen LogP contribution in [0.2, 0.25) is 0 Å². The monoisotopic (exact) mass is 354 g/mol. The van der Waals surface area contributed by atoms with Crippen molar-refractivity contribution in [3.8, 4) is 11.4 Å². The minimum atomic E-state index is -0.748. The van der Waals surface area contributed by atoms with Gasteiger partial charge >= 0.3 is 6.03 Å². The second kappa shape index (κ2) is 6.23. The number of hydrogen-bond acceptors (Lipinski definition) is 5. The maximum atomic E-state index is 12.9. The van der Waals surface area contributed by atoms with E-state index in [9.17, 15) is 9.59 Å². The normalized spacial score (nSPS) is 25.8. The minimum Gasteiger partial charge on any atom is -0.337 e. The number of aryl methyl sites for hydroxylation is 1. The van der Waals surface area contributed by atoms with Gasteiger partial charge in [-0.1, -0.05) is 36.3 Å². The molecule has 0 atom stereocenters. The highest BCUT2D eigenvalue weighted by molar-refractivity contribution is 6.07. The van der Waals surface area contributed by atoms with Gasteiger partial charge < -0.3 is 9.84 Å². The lowest BCUT2D eigenvalue weighted by Gasteiger charge is -2.33. The summed E-state index contributed by atoms with van der Waals surface area (Å²) >= 11 is 0. The molecule has 0 bridgehead atoms. The zero-order chi connectivity index (χ0) is 18.3. The molecular formula is C19H22N4O3. The lowest BCUT2D eigenvalue weighted by Crippen LogP contribution is -2.49. The Kier molecular flexibility index (Phi) is 4.01. The van der Waals surface area contributed by atoms with E-state index < -0.39 is 5.54 Å². The van der Waals surface area contributed by atoms with Crippen LogP contribution in [-0.4, -0.2) is 32.5 Å². The Balaban J connectivity index is 1.52. The van der Waals surface area contributed by atoms with Crippen molar-refractivity contribution in [3.63, 3.8) is 0 Å². The highest BCUT2D eigenvalue weighted by atomic mass is 16.5. The average molecular weight is 354 g/mol. The van der Waals surface area contributed by atoms with Gasteiger partial charge in [0.15, 0.2) is 0 Å². The van der Waals surface area contributed by atoms with Gasteiger partial charge in [-0.2, -0.15) is 4.98 Å². The van der Waals surface area contributed by atoms with Crippen LogP contribution in [-0.2, 0) is 11.3 Å². The van der Waals surface area contributed by atoms with E-state index in [0.29, 0.717) is 24.6 Å². The number of nitrogens with one attached hydrogen (secondary N) is 1. The molecule has 2 fully saturated rings. The summed E-state index contributed by atoms with van der Waals surface area (Å²) in [6.45, 7) is 4.15. The smallest absolute Gasteiger partial charge is 0.325 e. The predicted molar refractivity (Wildman–Crippen MR) is 93.9 cm³/mol. The maximum Gasteiger partial charge on any atom is 0.325 e. The Bertz CT molecular complexity index is 852. The maximum absolute atomic E-state index is 12.9. The molecule has 1 saturated carbocycles. The quantitative estimate of drug-likeness (QED) is 0.856. The van der Waals surface area contributed by atoms with Gasteiger partial charge in [0.25, 0.3) is 5.91 Å². The third kappa shape index (κ3) is 2.77. The van der Waals surface area contributed by atoms with E-state index in [4.69, 9.17) is 4.52 Å². The first kappa shape index (κ1) is 16.8. The van der Waals surface area contributed by atoms with Crippen molar-refractivity contribution in [2.45, 2.75) is 51.6 Å². The molecule has 3 amide bonds. The number of imide groups is 1. The fourth-order valence-electron chi connectivity index (χ4n) is 3.80. The van der Waals surface area contributed by atoms with Crippen LogP contribution in [0.3, 0.4) is 0 Å². The second-order valence-electron chi connectivity index (χ2n) is 7.41. The molecule has 136 valence electrons. The Morgan fingerprint density at radius 3 is 2.73 bits per heavy atom. The summed E-state index contributed by atoms with van der Waals surface area (Å²) in [7, 11) is 0. The van der Waals surface area contributed by atoms with Crippen LogP contribution in [0.25, 0.3) is 11.4 Å². The van der Waals surface area contributed by atoms with E-state index in [1.54, 1.807) is 0 Å². The van der Waals surface area contributed by atoms with Crippen molar-refractivity contribution >= 4 is 11.9 Å². The Labute approximate surface area is 151 Å². The van der Waals surface area contributed by atoms with E-state index >= 15 is 0 Å². The van der Waals surface area contributed by atoms with E-state index in [-0.39, 0.29) is 24.4 Å². The first-order valence-electron chi connectivity index (χ1n) is 9.01. The van der Waals surface area contributed by atoms with E-state index in [1.165, 1.54) is 4.90 Å². The zero-order valence-electron chi connectivity index (χ0n) is 15.0. The van der Waals surface area contributed by atoms with Crippen molar-refractivity contribution in [1.29, 1.82) is 0 Å². The van der Waals surface area contributed by atoms with Crippen molar-refractivity contribution in [2.24, 2.45) is 5.92 Å². The molecule has 2 heterocycles. The molecule has 2 aliphatic rings. The Morgan fingerprint density at radius 1 is 1.27 bits per heavy atom. The highest BCUT2D eigenvalue weighted by Gasteiger charge is 2.52. The third-order valence-corrected chi connectivity index (χ3v) is 5.52. The fourth-order valence-corrected chi connectivity index (χ4v) is 3.80. The molecule has 2 aromatic rings. The summed E-state index contributed by atoms with van der Waals surface area (Å²) < 4.78 is 5.29. The van der Waals surface area contributed by atoms with Crippen molar-refractivity contribution in [2.75, 3.05) is 0 Å². The standard InChI is InChI=1S/C19H22N4O3/c1-12-7-9-19(10-8-12)17(24)23(18(25)21-19)11-15-20-16(22-26-15)14-6-4-3-5-13(14)2/h3-6,12H,7-11H2,1-2H3,(H,21,25). The van der Waals surface area contributed by atoms with Gasteiger partial charge in [-0.05, 0) is 44.1 Å². The number of amides is 3. The summed E-state index contributed by atoms with van der Waals surface area (Å²) in [6.07, 6.45) is 3.26. The number of rotatable bonds is 3. The number of hydrogen-bond donors (Lipinski definition) is 1. The lowest BCUT2D eigenvalue weighted by atomic mass is 9.77. The third-order valence-electron chi connectivity index (χ3n) is 5.52. The summed E-state index contributed by atoms with van der Waals surface area (Å²) in [5.74, 6) is 1.14. The largest absolute Gasteiger partial charge is 0.337 e. The second-order valence-corrected chi connectivity index (χ2v) is 7.41. The molecular weight excluding hydrogens is 332 g/mol. The molecule has 4 rings (SSSR count). The predicted octanol–water partition coefficient (Wildman–Crippen LogP) is 3.05. The molecule has 7 nitrogen and oxygen atoms in total. The Hall–Kier alpha value is -2.70. The molecule has 1 saturated heterocycles. The number of carbonyl (C=O) groups excluding carboxylic acids is 2. The molecule has 1 aliphatic carbocycles. The van der Waals surface area contributed by atoms with E-state index in [0.717, 1.165) is 24.0 Å². The number of carbonyl (C=O) groups is 2. The van der Waals surface area contributed by atoms with Crippen molar-refractivity contribution in [1.82, 2.24) is 20.4 Å². The van der Waals surface area contributed by atoms with Gasteiger partial charge in [0, 0.05) is 5.56 Å². The molecule has 0 radical (unpaired) electrons. The zero-order valence-corrected chi connectivity index (χ0v) is 15.0. The lowest BCUT2D eigenvalue weighted by molar-refractivity contribution is -0.133. The molecule has 26 heavy (non-hydrogen) atoms. The molecule has 1 N–H and O–H groups in total. The van der Waals surface area contributed by atoms with Crippen LogP contribution in [0.4, 0.5) is 4.79 Å². The van der Waals surface area contributed by atoms with Crippen LogP contribution < -0.4 is 5.32 Å². The molecule has 1 aliphatic heterocycles. The van der Waals surface area contributed by atoms with Crippen LogP contribution >= 0.6 is 0 Å². The number of urea groups is 1. The summed E-state index contributed by atoms with van der Waals surface area (Å²) in [4.78, 5) is 30.8. The van der Waals surface area contributed by atoms with Crippen molar-refractivity contribution in [3.05, 3.63) is 35.7 Å². The number of aromatic nitrogens is 2. The summed E-state index contributed by atoms with van der Waals surface area (Å²) in [5, 5.41) is 6.90. The SMILES string of the molecule is Cc1ccccc1-c1noc(CN2C(=O)NC3(CCC(C)CC3)C2=O)n1. The van der Waals surface area contributed by atoms with E-state index in [2.05, 4.69) is 22.4 Å². The minimum absolute atomic E-state index is 0.000845. The van der Waals surface area contributed by atoms with Crippen LogP contribution in [0.1, 0.15) is 44.1 Å². The van der Waals surface area contributed by atoms with Gasteiger partial charge in [0.1, 0.15) is 12.1 Å². The first-order chi connectivity index (χ1) is 12.5. The van der Waals surface area contributed by atoms with Gasteiger partial charge in [-0.25, -0.2) is 4.79 Å². The van der Waals surface area contributed by atoms with Crippen LogP contribution in [0.5, 0.6) is 0 Å². The average Bonchev–Trinajstić information content (AvgIpc) is 3.17. The number of nitrogens with zero attached hydrogens (tertiary/aromatic N) is 3. The van der Waals surface area contributed by atoms with Gasteiger partial charge in [-0.15, -0.1) is 0 Å². The number of benzene rings is 1. The van der Waals surface area contributed by atoms with Crippen LogP contribution in [0.15, 0.2) is 28.8 Å². The summed E-state index contributed by atoms with van der Waals surface area (Å²) in [5.41, 5.74) is 1.16. The molecule has 1 aromatic carbocycles. The first-order valence-corrected chi connectivity index (χ1v) is 9.01. The van der Waals surface area contributed by atoms with E-state index in [1.807, 2.05) is 31.2 Å². The highest BCUT2D eigenvalue weighted by Crippen LogP contribution is 2.36. The topological polar surface area (TPSA) is 88.3 Å². The summed E-state index contributed by atoms with van der Waals surface area (Å²) in [6, 6.07) is 7.36. The van der Waals surface area contributed by atoms with Gasteiger partial charge in [0.05, 0.1) is 0 Å². The van der Waals surface area contributed by atoms with Crippen molar-refractivity contribution < 1.29 is 14.1 Å². The van der Waals surface area contributed by atoms with Crippen LogP contribution in [0, 0.1) is 12.8 Å². The molecule has 7 heteroatoms. The molecule has 1 spiro atoms. The molecule has 0 unspecified atom stereocenters. The fraction of sp³-hybridized carbons (Fsp3) is 0.474. The molecule has 1 aromatic heterocycles.